The van der Waals surface area contributed by atoms with Crippen molar-refractivity contribution in [3.8, 4) is 5.75 Å². The van der Waals surface area contributed by atoms with Gasteiger partial charge in [0.05, 0.1) is 27.6 Å². The minimum atomic E-state index is -0.394. The number of imide groups is 1. The number of hydrogen-bond donors (Lipinski definition) is 0. The zero-order chi connectivity index (χ0) is 19.0. The van der Waals surface area contributed by atoms with Crippen LogP contribution in [0.3, 0.4) is 0 Å². The highest BCUT2D eigenvalue weighted by molar-refractivity contribution is 7.56. The molecule has 2 aliphatic rings. The topological polar surface area (TPSA) is 46.6 Å². The van der Waals surface area contributed by atoms with E-state index < -0.39 is 5.92 Å². The van der Waals surface area contributed by atoms with E-state index in [0.29, 0.717) is 22.9 Å². The summed E-state index contributed by atoms with van der Waals surface area (Å²) in [4.78, 5) is 26.8. The second-order valence-corrected chi connectivity index (χ2v) is 10.1. The van der Waals surface area contributed by atoms with Gasteiger partial charge in [0, 0.05) is 6.07 Å². The normalized spacial score (nSPS) is 23.5. The Kier molecular flexibility index (Phi) is 5.96. The molecule has 1 saturated heterocycles. The molecule has 3 unspecified atom stereocenters. The van der Waals surface area contributed by atoms with E-state index in [4.69, 9.17) is 27.9 Å². The Balaban J connectivity index is 1.97. The first-order chi connectivity index (χ1) is 12.3. The van der Waals surface area contributed by atoms with E-state index in [9.17, 15) is 9.59 Å². The van der Waals surface area contributed by atoms with Crippen LogP contribution in [0.4, 0.5) is 5.69 Å². The summed E-state index contributed by atoms with van der Waals surface area (Å²) in [5, 5.41) is 0.653. The predicted octanol–water partition coefficient (Wildman–Crippen LogP) is 5.31. The number of benzene rings is 1. The molecule has 0 aromatic heterocycles. The number of ether oxygens (including phenoxy) is 1. The van der Waals surface area contributed by atoms with Crippen molar-refractivity contribution in [1.29, 1.82) is 0 Å². The maximum Gasteiger partial charge on any atom is 0.241 e. The second-order valence-electron chi connectivity index (χ2n) is 6.83. The minimum absolute atomic E-state index is 0.0482. The third-order valence-corrected chi connectivity index (χ3v) is 7.12. The first-order valence-electron chi connectivity index (χ1n) is 8.71. The number of nitrogens with zero attached hydrogens (tertiary/aromatic N) is 1. The molecule has 0 saturated carbocycles. The number of halogens is 2. The number of hydrogen-bond acceptors (Lipinski definition) is 3. The SMILES string of the molecule is CCC(Oc1cc(N2C(=O)C3C=CCCC3C2=O)c(Cl)cc1Cl)P(C)C. The van der Waals surface area contributed by atoms with E-state index in [1.54, 1.807) is 12.1 Å². The zero-order valence-corrected chi connectivity index (χ0v) is 17.4. The quantitative estimate of drug-likeness (QED) is 0.373. The second kappa shape index (κ2) is 7.88. The molecule has 1 heterocycles. The summed E-state index contributed by atoms with van der Waals surface area (Å²) in [7, 11) is -0.327. The Morgan fingerprint density at radius 2 is 1.96 bits per heavy atom. The fourth-order valence-corrected chi connectivity index (χ4v) is 5.07. The third kappa shape index (κ3) is 3.52. The van der Waals surface area contributed by atoms with Crippen molar-refractivity contribution < 1.29 is 14.3 Å². The van der Waals surface area contributed by atoms with Crippen molar-refractivity contribution in [3.05, 3.63) is 34.3 Å². The molecule has 3 rings (SSSR count). The largest absolute Gasteiger partial charge is 0.484 e. The van der Waals surface area contributed by atoms with Crippen LogP contribution in [0.15, 0.2) is 24.3 Å². The number of rotatable bonds is 5. The van der Waals surface area contributed by atoms with Crippen LogP contribution in [-0.4, -0.2) is 31.0 Å². The number of carbonyl (C=O) groups is 2. The van der Waals surface area contributed by atoms with Gasteiger partial charge in [0.2, 0.25) is 11.8 Å². The smallest absolute Gasteiger partial charge is 0.241 e. The molecule has 0 radical (unpaired) electrons. The average molecular weight is 414 g/mol. The van der Waals surface area contributed by atoms with Crippen LogP contribution in [0.25, 0.3) is 0 Å². The molecule has 2 amide bonds. The molecule has 0 spiro atoms. The van der Waals surface area contributed by atoms with Gasteiger partial charge in [-0.1, -0.05) is 50.2 Å². The summed E-state index contributed by atoms with van der Waals surface area (Å²) in [6.45, 7) is 6.33. The maximum absolute atomic E-state index is 12.8. The van der Waals surface area contributed by atoms with Gasteiger partial charge in [-0.05, 0) is 38.7 Å². The number of fused-ring (bicyclic) bond motifs is 1. The summed E-state index contributed by atoms with van der Waals surface area (Å²) < 4.78 is 6.08. The van der Waals surface area contributed by atoms with E-state index in [0.717, 1.165) is 12.8 Å². The highest BCUT2D eigenvalue weighted by Crippen LogP contribution is 2.44. The van der Waals surface area contributed by atoms with E-state index in [2.05, 4.69) is 20.3 Å². The van der Waals surface area contributed by atoms with E-state index in [-0.39, 0.29) is 36.5 Å². The molecule has 1 fully saturated rings. The number of anilines is 1. The van der Waals surface area contributed by atoms with Crippen molar-refractivity contribution in [2.24, 2.45) is 11.8 Å². The van der Waals surface area contributed by atoms with Crippen LogP contribution in [0.2, 0.25) is 10.0 Å². The highest BCUT2D eigenvalue weighted by Gasteiger charge is 2.48. The van der Waals surface area contributed by atoms with Gasteiger partial charge in [-0.15, -0.1) is 0 Å². The zero-order valence-electron chi connectivity index (χ0n) is 15.0. The maximum atomic E-state index is 12.8. The van der Waals surface area contributed by atoms with Gasteiger partial charge >= 0.3 is 0 Å². The van der Waals surface area contributed by atoms with Crippen LogP contribution in [0.1, 0.15) is 26.2 Å². The molecule has 1 aliphatic carbocycles. The molecular formula is C19H22Cl2NO3P. The molecule has 1 aromatic rings. The van der Waals surface area contributed by atoms with Gasteiger partial charge < -0.3 is 4.74 Å². The van der Waals surface area contributed by atoms with Crippen LogP contribution in [0, 0.1) is 11.8 Å². The van der Waals surface area contributed by atoms with E-state index in [1.165, 1.54) is 4.90 Å². The lowest BCUT2D eigenvalue weighted by molar-refractivity contribution is -0.122. The molecular weight excluding hydrogens is 392 g/mol. The molecule has 26 heavy (non-hydrogen) atoms. The lowest BCUT2D eigenvalue weighted by atomic mass is 9.86. The minimum Gasteiger partial charge on any atom is -0.484 e. The Morgan fingerprint density at radius 1 is 1.23 bits per heavy atom. The molecule has 1 aliphatic heterocycles. The highest BCUT2D eigenvalue weighted by atomic mass is 35.5. The standard InChI is InChI=1S/C19H22Cl2NO3P/c1-4-17(26(2)3)25-16-10-15(13(20)9-14(16)21)22-18(23)11-7-5-6-8-12(11)19(22)24/h5,7,9-12,17H,4,6,8H2,1-3H3. The Hall–Kier alpha value is -1.09. The van der Waals surface area contributed by atoms with Gasteiger partial charge in [-0.3, -0.25) is 9.59 Å². The fourth-order valence-electron chi connectivity index (χ4n) is 3.51. The van der Waals surface area contributed by atoms with Crippen LogP contribution in [0.5, 0.6) is 5.75 Å². The number of allylic oxidation sites excluding steroid dienone is 1. The van der Waals surface area contributed by atoms with Gasteiger partial charge in [0.15, 0.2) is 0 Å². The van der Waals surface area contributed by atoms with Crippen LogP contribution >= 0.6 is 31.1 Å². The average Bonchev–Trinajstić information content (AvgIpc) is 2.86. The summed E-state index contributed by atoms with van der Waals surface area (Å²) in [5.41, 5.74) is 0.357. The van der Waals surface area contributed by atoms with Gasteiger partial charge in [0.1, 0.15) is 11.6 Å². The predicted molar refractivity (Wildman–Crippen MR) is 108 cm³/mol. The molecule has 0 bridgehead atoms. The van der Waals surface area contributed by atoms with E-state index in [1.807, 2.05) is 12.2 Å². The molecule has 4 nitrogen and oxygen atoms in total. The van der Waals surface area contributed by atoms with Crippen LogP contribution in [-0.2, 0) is 9.59 Å². The monoisotopic (exact) mass is 413 g/mol. The molecule has 3 atom stereocenters. The molecule has 0 N–H and O–H groups in total. The van der Waals surface area contributed by atoms with Crippen molar-refractivity contribution in [1.82, 2.24) is 0 Å². The third-order valence-electron chi connectivity index (χ3n) is 4.89. The van der Waals surface area contributed by atoms with Crippen molar-refractivity contribution in [2.45, 2.75) is 32.0 Å². The van der Waals surface area contributed by atoms with E-state index >= 15 is 0 Å². The summed E-state index contributed by atoms with van der Waals surface area (Å²) in [5.74, 6) is -0.612. The first kappa shape index (κ1) is 19.7. The molecule has 140 valence electrons. The Morgan fingerprint density at radius 3 is 2.58 bits per heavy atom. The van der Waals surface area contributed by atoms with Crippen molar-refractivity contribution in [3.63, 3.8) is 0 Å². The lowest BCUT2D eigenvalue weighted by Gasteiger charge is -2.24. The fraction of sp³-hybridized carbons (Fsp3) is 0.474. The van der Waals surface area contributed by atoms with Crippen molar-refractivity contribution >= 4 is 48.6 Å². The number of amides is 2. The van der Waals surface area contributed by atoms with Crippen LogP contribution < -0.4 is 9.64 Å². The molecule has 7 heteroatoms. The Bertz CT molecular complexity index is 765. The molecule has 1 aromatic carbocycles. The summed E-state index contributed by atoms with van der Waals surface area (Å²) >= 11 is 12.6. The Labute approximate surface area is 165 Å². The number of carbonyl (C=O) groups excluding carboxylic acids is 2. The van der Waals surface area contributed by atoms with Gasteiger partial charge in [-0.2, -0.15) is 0 Å². The first-order valence-corrected chi connectivity index (χ1v) is 11.8. The summed E-state index contributed by atoms with van der Waals surface area (Å²) in [6, 6.07) is 3.18. The lowest BCUT2D eigenvalue weighted by Crippen LogP contribution is -2.31. The van der Waals surface area contributed by atoms with Gasteiger partial charge in [-0.25, -0.2) is 4.90 Å². The van der Waals surface area contributed by atoms with Crippen molar-refractivity contribution in [2.75, 3.05) is 18.2 Å². The van der Waals surface area contributed by atoms with Gasteiger partial charge in [0.25, 0.3) is 0 Å². The summed E-state index contributed by atoms with van der Waals surface area (Å²) in [6.07, 6.45) is 6.15.